The van der Waals surface area contributed by atoms with Crippen LogP contribution in [-0.4, -0.2) is 22.6 Å². The van der Waals surface area contributed by atoms with Crippen molar-refractivity contribution in [2.75, 3.05) is 6.61 Å². The largest absolute Gasteiger partial charge is 0.475 e. The zero-order valence-electron chi connectivity index (χ0n) is 14.3. The van der Waals surface area contributed by atoms with Crippen LogP contribution in [0.15, 0.2) is 39.4 Å². The second-order valence-corrected chi connectivity index (χ2v) is 6.41. The number of ether oxygens (including phenoxy) is 1. The molecule has 1 amide bonds. The summed E-state index contributed by atoms with van der Waals surface area (Å²) in [5.41, 5.74) is 3.77. The summed E-state index contributed by atoms with van der Waals surface area (Å²) < 4.78 is 65.5. The maximum atomic E-state index is 14.3. The molecule has 0 bridgehead atoms. The van der Waals surface area contributed by atoms with E-state index in [1.807, 2.05) is 0 Å². The van der Waals surface area contributed by atoms with Gasteiger partial charge in [0.15, 0.2) is 22.3 Å². The number of carbonyl (C=O) groups is 1. The van der Waals surface area contributed by atoms with Crippen LogP contribution in [0.3, 0.4) is 0 Å². The number of oxazole rings is 1. The molecule has 0 fully saturated rings. The van der Waals surface area contributed by atoms with Gasteiger partial charge >= 0.3 is 0 Å². The highest BCUT2D eigenvalue weighted by atomic mass is 79.9. The lowest BCUT2D eigenvalue weighted by molar-refractivity contribution is 0.0880. The number of aromatic nitrogens is 1. The van der Waals surface area contributed by atoms with Gasteiger partial charge in [0.25, 0.3) is 5.91 Å². The number of benzene rings is 2. The van der Waals surface area contributed by atoms with Crippen molar-refractivity contribution < 1.29 is 36.6 Å². The predicted molar refractivity (Wildman–Crippen MR) is 94.9 cm³/mol. The van der Waals surface area contributed by atoms with E-state index in [-0.39, 0.29) is 21.8 Å². The Labute approximate surface area is 169 Å². The fraction of sp³-hybridized carbons (Fsp3) is 0.111. The number of nitrogens with zero attached hydrogens (tertiary/aromatic N) is 1. The summed E-state index contributed by atoms with van der Waals surface area (Å²) in [5, 5.41) is 9.57. The number of rotatable bonds is 6. The summed E-state index contributed by atoms with van der Waals surface area (Å²) in [5.74, 6) is -6.49. The highest BCUT2D eigenvalue weighted by Crippen LogP contribution is 2.34. The predicted octanol–water partition coefficient (Wildman–Crippen LogP) is 3.87. The molecule has 0 aliphatic heterocycles. The Hall–Kier alpha value is -2.92. The van der Waals surface area contributed by atoms with Gasteiger partial charge in [-0.15, -0.1) is 0 Å². The van der Waals surface area contributed by atoms with E-state index < -0.39 is 53.2 Å². The maximum absolute atomic E-state index is 14.3. The highest BCUT2D eigenvalue weighted by molar-refractivity contribution is 9.10. The monoisotopic (exact) mass is 474 g/mol. The fourth-order valence-electron chi connectivity index (χ4n) is 2.47. The Morgan fingerprint density at radius 3 is 2.55 bits per heavy atom. The molecular formula is C18H11BrF4N2O4. The topological polar surface area (TPSA) is 98.6 Å². The molecule has 3 N–H and O–H groups in total. The minimum Gasteiger partial charge on any atom is -0.475 e. The number of primary amides is 1. The molecule has 29 heavy (non-hydrogen) atoms. The van der Waals surface area contributed by atoms with Crippen molar-refractivity contribution in [1.82, 2.24) is 4.98 Å². The van der Waals surface area contributed by atoms with Crippen molar-refractivity contribution >= 4 is 21.8 Å². The molecule has 11 heteroatoms. The van der Waals surface area contributed by atoms with Gasteiger partial charge in [0, 0.05) is 11.6 Å². The minimum atomic E-state index is -1.40. The van der Waals surface area contributed by atoms with Crippen LogP contribution in [0.1, 0.15) is 22.4 Å². The zero-order chi connectivity index (χ0) is 21.3. The van der Waals surface area contributed by atoms with Gasteiger partial charge in [-0.1, -0.05) is 0 Å². The summed E-state index contributed by atoms with van der Waals surface area (Å²) in [6, 6.07) is 4.44. The smallest absolute Gasteiger partial charge is 0.254 e. The molecule has 1 atom stereocenters. The molecule has 1 heterocycles. The molecule has 3 rings (SSSR count). The lowest BCUT2D eigenvalue weighted by Gasteiger charge is -2.15. The van der Waals surface area contributed by atoms with Crippen LogP contribution in [0.25, 0.3) is 11.3 Å². The first kappa shape index (κ1) is 20.8. The summed E-state index contributed by atoms with van der Waals surface area (Å²) in [7, 11) is 0. The molecule has 3 aromatic rings. The van der Waals surface area contributed by atoms with Crippen LogP contribution in [0.4, 0.5) is 17.6 Å². The molecule has 2 aromatic carbocycles. The average molecular weight is 475 g/mol. The van der Waals surface area contributed by atoms with Crippen LogP contribution in [0, 0.1) is 23.3 Å². The Morgan fingerprint density at radius 1 is 1.21 bits per heavy atom. The van der Waals surface area contributed by atoms with Crippen LogP contribution in [0.2, 0.25) is 0 Å². The first-order valence-electron chi connectivity index (χ1n) is 7.89. The zero-order valence-corrected chi connectivity index (χ0v) is 15.8. The number of carbonyl (C=O) groups excluding carboxylic acids is 1. The number of aliphatic hydroxyl groups is 1. The molecule has 0 saturated carbocycles. The molecular weight excluding hydrogens is 464 g/mol. The Balaban J connectivity index is 1.96. The molecule has 0 radical (unpaired) electrons. The quantitative estimate of drug-likeness (QED) is 0.528. The highest BCUT2D eigenvalue weighted by Gasteiger charge is 2.27. The van der Waals surface area contributed by atoms with Gasteiger partial charge in [-0.2, -0.15) is 0 Å². The van der Waals surface area contributed by atoms with Crippen LogP contribution in [0.5, 0.6) is 5.75 Å². The third-order valence-corrected chi connectivity index (χ3v) is 4.34. The Morgan fingerprint density at radius 2 is 1.93 bits per heavy atom. The standard InChI is InChI=1S/C18H11BrF4N2O4/c19-16-15(8-2-1-7(20)5-10(8)22)25-18(29-16)12(6-26)28-11-4-3-9(21)13(14(11)23)17(24)27/h1-5,12,26H,6H2,(H2,24,27). The molecule has 1 aromatic heterocycles. The third kappa shape index (κ3) is 4.10. The van der Waals surface area contributed by atoms with Crippen molar-refractivity contribution in [3.05, 3.63) is 69.7 Å². The van der Waals surface area contributed by atoms with Gasteiger partial charge < -0.3 is 20.0 Å². The number of amides is 1. The Kier molecular flexibility index (Phi) is 5.89. The van der Waals surface area contributed by atoms with Crippen LogP contribution >= 0.6 is 15.9 Å². The van der Waals surface area contributed by atoms with E-state index in [0.717, 1.165) is 24.3 Å². The van der Waals surface area contributed by atoms with Crippen molar-refractivity contribution in [2.45, 2.75) is 6.10 Å². The third-order valence-electron chi connectivity index (χ3n) is 3.80. The van der Waals surface area contributed by atoms with Crippen molar-refractivity contribution in [3.63, 3.8) is 0 Å². The lowest BCUT2D eigenvalue weighted by atomic mass is 10.1. The summed E-state index contributed by atoms with van der Waals surface area (Å²) in [4.78, 5) is 15.2. The number of halogens is 5. The van der Waals surface area contributed by atoms with E-state index in [0.29, 0.717) is 6.07 Å². The van der Waals surface area contributed by atoms with Crippen LogP contribution < -0.4 is 10.5 Å². The molecule has 0 saturated heterocycles. The van der Waals surface area contributed by atoms with Gasteiger partial charge in [-0.05, 0) is 40.2 Å². The molecule has 0 aliphatic rings. The number of nitrogens with two attached hydrogens (primary N) is 1. The number of hydrogen-bond donors (Lipinski definition) is 2. The number of hydrogen-bond acceptors (Lipinski definition) is 5. The molecule has 6 nitrogen and oxygen atoms in total. The second kappa shape index (κ2) is 8.21. The summed E-state index contributed by atoms with van der Waals surface area (Å²) in [6.45, 7) is -0.763. The Bertz CT molecular complexity index is 1090. The summed E-state index contributed by atoms with van der Waals surface area (Å²) >= 11 is 3.03. The molecule has 1 unspecified atom stereocenters. The first-order valence-corrected chi connectivity index (χ1v) is 8.69. The van der Waals surface area contributed by atoms with Gasteiger partial charge in [0.1, 0.15) is 28.7 Å². The second-order valence-electron chi connectivity index (χ2n) is 5.69. The van der Waals surface area contributed by atoms with Crippen molar-refractivity contribution in [1.29, 1.82) is 0 Å². The SMILES string of the molecule is NC(=O)c1c(F)ccc(OC(CO)c2nc(-c3ccc(F)cc3F)c(Br)o2)c1F. The van der Waals surface area contributed by atoms with E-state index >= 15 is 0 Å². The van der Waals surface area contributed by atoms with Gasteiger partial charge in [0.2, 0.25) is 5.89 Å². The van der Waals surface area contributed by atoms with Crippen molar-refractivity contribution in [3.8, 4) is 17.0 Å². The van der Waals surface area contributed by atoms with E-state index in [4.69, 9.17) is 14.9 Å². The lowest BCUT2D eigenvalue weighted by Crippen LogP contribution is -2.18. The first-order chi connectivity index (χ1) is 13.7. The van der Waals surface area contributed by atoms with Gasteiger partial charge in [-0.25, -0.2) is 22.5 Å². The van der Waals surface area contributed by atoms with E-state index in [1.165, 1.54) is 0 Å². The van der Waals surface area contributed by atoms with E-state index in [1.54, 1.807) is 0 Å². The molecule has 0 spiro atoms. The van der Waals surface area contributed by atoms with E-state index in [2.05, 4.69) is 20.9 Å². The van der Waals surface area contributed by atoms with Crippen molar-refractivity contribution in [2.24, 2.45) is 5.73 Å². The van der Waals surface area contributed by atoms with Gasteiger partial charge in [-0.3, -0.25) is 4.79 Å². The van der Waals surface area contributed by atoms with E-state index in [9.17, 15) is 27.5 Å². The fourth-order valence-corrected chi connectivity index (χ4v) is 2.94. The number of aliphatic hydroxyl groups excluding tert-OH is 1. The van der Waals surface area contributed by atoms with Crippen LogP contribution in [-0.2, 0) is 0 Å². The molecule has 0 aliphatic carbocycles. The maximum Gasteiger partial charge on any atom is 0.254 e. The average Bonchev–Trinajstić information content (AvgIpc) is 3.02. The van der Waals surface area contributed by atoms with Gasteiger partial charge in [0.05, 0.1) is 6.61 Å². The normalized spacial score (nSPS) is 12.1. The summed E-state index contributed by atoms with van der Waals surface area (Å²) in [6.07, 6.45) is -1.40. The minimum absolute atomic E-state index is 0.0579. The molecule has 152 valence electrons.